The fourth-order valence-corrected chi connectivity index (χ4v) is 7.73. The van der Waals surface area contributed by atoms with E-state index in [1.165, 1.54) is 5.57 Å². The summed E-state index contributed by atoms with van der Waals surface area (Å²) in [6.45, 7) is 16.3. The van der Waals surface area contributed by atoms with Gasteiger partial charge in [0, 0.05) is 18.4 Å². The Morgan fingerprint density at radius 1 is 1.03 bits per heavy atom. The second-order valence-electron chi connectivity index (χ2n) is 12.7. The van der Waals surface area contributed by atoms with Crippen molar-refractivity contribution in [3.63, 3.8) is 0 Å². The SMILES string of the molecule is C=C(C)[C@@H]1CC[C@@]2(C)C(=O)CC(/C=C(/C)[C@@H]3CC[C@H](C)C4=C(C3)C(C)(O)CC4=O)[C@H](C)[C@]2(O)C1. The fourth-order valence-electron chi connectivity index (χ4n) is 7.73. The number of hydrogen-bond donors (Lipinski definition) is 2. The number of fused-ring (bicyclic) bond motifs is 1. The van der Waals surface area contributed by atoms with Gasteiger partial charge < -0.3 is 10.2 Å². The molecule has 8 atom stereocenters. The van der Waals surface area contributed by atoms with Crippen LogP contribution in [-0.2, 0) is 9.59 Å². The maximum absolute atomic E-state index is 13.4. The van der Waals surface area contributed by atoms with Crippen molar-refractivity contribution in [2.24, 2.45) is 35.0 Å². The van der Waals surface area contributed by atoms with Crippen LogP contribution in [0, 0.1) is 35.0 Å². The molecule has 0 aromatic rings. The molecule has 2 N–H and O–H groups in total. The van der Waals surface area contributed by atoms with Gasteiger partial charge in [-0.15, -0.1) is 0 Å². The van der Waals surface area contributed by atoms with Gasteiger partial charge in [0.05, 0.1) is 16.6 Å². The van der Waals surface area contributed by atoms with E-state index in [0.717, 1.165) is 42.4 Å². The van der Waals surface area contributed by atoms with Crippen molar-refractivity contribution in [3.8, 4) is 0 Å². The lowest BCUT2D eigenvalue weighted by Gasteiger charge is -2.57. The first-order valence-electron chi connectivity index (χ1n) is 13.3. The summed E-state index contributed by atoms with van der Waals surface area (Å²) in [7, 11) is 0. The Labute approximate surface area is 205 Å². The maximum Gasteiger partial charge on any atom is 0.162 e. The van der Waals surface area contributed by atoms with Crippen LogP contribution in [0.5, 0.6) is 0 Å². The van der Waals surface area contributed by atoms with Gasteiger partial charge in [0.15, 0.2) is 5.78 Å². The predicted octanol–water partition coefficient (Wildman–Crippen LogP) is 5.73. The molecule has 0 aliphatic heterocycles. The molecule has 0 heterocycles. The zero-order valence-electron chi connectivity index (χ0n) is 22.0. The molecule has 0 spiro atoms. The van der Waals surface area contributed by atoms with E-state index in [2.05, 4.69) is 33.4 Å². The van der Waals surface area contributed by atoms with Crippen LogP contribution in [0.25, 0.3) is 0 Å². The van der Waals surface area contributed by atoms with Crippen molar-refractivity contribution in [2.45, 2.75) is 104 Å². The lowest BCUT2D eigenvalue weighted by molar-refractivity contribution is -0.189. The summed E-state index contributed by atoms with van der Waals surface area (Å²) >= 11 is 0. The molecular weight excluding hydrogens is 424 g/mol. The Morgan fingerprint density at radius 2 is 1.71 bits per heavy atom. The molecule has 4 rings (SSSR count). The van der Waals surface area contributed by atoms with Gasteiger partial charge in [0.1, 0.15) is 5.78 Å². The van der Waals surface area contributed by atoms with Gasteiger partial charge in [-0.3, -0.25) is 9.59 Å². The molecule has 2 fully saturated rings. The summed E-state index contributed by atoms with van der Waals surface area (Å²) in [5, 5.41) is 23.0. The zero-order chi connectivity index (χ0) is 25.2. The largest absolute Gasteiger partial charge is 0.389 e. The summed E-state index contributed by atoms with van der Waals surface area (Å²) in [5.74, 6) is 0.933. The topological polar surface area (TPSA) is 74.6 Å². The van der Waals surface area contributed by atoms with Gasteiger partial charge in [0.2, 0.25) is 0 Å². The van der Waals surface area contributed by atoms with Gasteiger partial charge in [-0.05, 0) is 101 Å². The van der Waals surface area contributed by atoms with E-state index in [-0.39, 0.29) is 47.6 Å². The first kappa shape index (κ1) is 25.6. The average molecular weight is 469 g/mol. The first-order valence-corrected chi connectivity index (χ1v) is 13.3. The third-order valence-electron chi connectivity index (χ3n) is 10.4. The number of allylic oxidation sites excluding steroid dienone is 4. The third-order valence-corrected chi connectivity index (χ3v) is 10.4. The van der Waals surface area contributed by atoms with Crippen molar-refractivity contribution < 1.29 is 19.8 Å². The zero-order valence-corrected chi connectivity index (χ0v) is 22.0. The molecule has 34 heavy (non-hydrogen) atoms. The molecule has 4 nitrogen and oxygen atoms in total. The van der Waals surface area contributed by atoms with Gasteiger partial charge in [-0.2, -0.15) is 0 Å². The van der Waals surface area contributed by atoms with Crippen molar-refractivity contribution in [3.05, 3.63) is 34.9 Å². The van der Waals surface area contributed by atoms with E-state index in [0.29, 0.717) is 19.3 Å². The van der Waals surface area contributed by atoms with E-state index in [4.69, 9.17) is 0 Å². The molecule has 0 bridgehead atoms. The van der Waals surface area contributed by atoms with Crippen LogP contribution in [0.4, 0.5) is 0 Å². The monoisotopic (exact) mass is 468 g/mol. The van der Waals surface area contributed by atoms with E-state index in [9.17, 15) is 19.8 Å². The number of hydrogen-bond acceptors (Lipinski definition) is 4. The molecule has 0 saturated heterocycles. The summed E-state index contributed by atoms with van der Waals surface area (Å²) in [4.78, 5) is 26.1. The Balaban J connectivity index is 1.62. The summed E-state index contributed by atoms with van der Waals surface area (Å²) < 4.78 is 0. The third kappa shape index (κ3) is 3.89. The lowest BCUT2D eigenvalue weighted by atomic mass is 9.49. The number of rotatable bonds is 3. The molecule has 188 valence electrons. The number of carbonyl (C=O) groups excluding carboxylic acids is 2. The highest BCUT2D eigenvalue weighted by Crippen LogP contribution is 2.58. The maximum atomic E-state index is 13.4. The minimum Gasteiger partial charge on any atom is -0.389 e. The lowest BCUT2D eigenvalue weighted by Crippen LogP contribution is -2.63. The Hall–Kier alpha value is -1.52. The van der Waals surface area contributed by atoms with Crippen LogP contribution >= 0.6 is 0 Å². The van der Waals surface area contributed by atoms with Gasteiger partial charge >= 0.3 is 0 Å². The molecule has 0 aromatic carbocycles. The average Bonchev–Trinajstić information content (AvgIpc) is 2.86. The molecule has 2 unspecified atom stereocenters. The minimum atomic E-state index is -1.05. The standard InChI is InChI=1S/C30H44O4/c1-17(2)22-10-11-28(6)26(32)14-23(20(5)30(28,34)15-22)12-19(4)21-9-8-18(3)27-24(13-21)29(7,33)16-25(27)31/h12,18,20-23,33-34H,1,8-11,13-16H2,2-7H3/b19-12-/t18-,20-,21+,22+,23?,28-,29?,30+/m0/s1. The highest BCUT2D eigenvalue weighted by atomic mass is 16.3. The van der Waals surface area contributed by atoms with E-state index in [1.54, 1.807) is 6.92 Å². The van der Waals surface area contributed by atoms with Crippen molar-refractivity contribution in [1.29, 1.82) is 0 Å². The van der Waals surface area contributed by atoms with Gasteiger partial charge in [0.25, 0.3) is 0 Å². The van der Waals surface area contributed by atoms with Crippen LogP contribution in [0.15, 0.2) is 34.9 Å². The summed E-state index contributed by atoms with van der Waals surface area (Å²) in [6.07, 6.45) is 7.77. The number of aliphatic hydroxyl groups is 2. The molecule has 2 saturated carbocycles. The second-order valence-corrected chi connectivity index (χ2v) is 12.7. The highest BCUT2D eigenvalue weighted by Gasteiger charge is 2.61. The Bertz CT molecular complexity index is 968. The normalized spacial score (nSPS) is 45.6. The smallest absolute Gasteiger partial charge is 0.162 e. The van der Waals surface area contributed by atoms with Crippen LogP contribution in [0.2, 0.25) is 0 Å². The molecule has 4 heteroatoms. The van der Waals surface area contributed by atoms with E-state index >= 15 is 0 Å². The minimum absolute atomic E-state index is 0.00528. The number of ketones is 2. The Kier molecular flexibility index (Phi) is 6.43. The molecular formula is C30H44O4. The van der Waals surface area contributed by atoms with Crippen molar-refractivity contribution in [1.82, 2.24) is 0 Å². The van der Waals surface area contributed by atoms with Crippen molar-refractivity contribution >= 4 is 11.6 Å². The molecule has 4 aliphatic rings. The van der Waals surface area contributed by atoms with Crippen LogP contribution < -0.4 is 0 Å². The summed E-state index contributed by atoms with van der Waals surface area (Å²) in [5.41, 5.74) is 1.35. The van der Waals surface area contributed by atoms with Crippen LogP contribution in [-0.4, -0.2) is 33.0 Å². The van der Waals surface area contributed by atoms with Crippen LogP contribution in [0.3, 0.4) is 0 Å². The highest BCUT2D eigenvalue weighted by molar-refractivity contribution is 6.01. The molecule has 0 aromatic heterocycles. The second kappa shape index (κ2) is 8.55. The number of Topliss-reactive ketones (excluding diaryl/α,β-unsaturated/α-hetero) is 2. The van der Waals surface area contributed by atoms with E-state index < -0.39 is 16.6 Å². The quantitative estimate of drug-likeness (QED) is 0.519. The van der Waals surface area contributed by atoms with Gasteiger partial charge in [-0.1, -0.05) is 37.6 Å². The fraction of sp³-hybridized carbons (Fsp3) is 0.733. The van der Waals surface area contributed by atoms with Crippen LogP contribution in [0.1, 0.15) is 92.9 Å². The first-order chi connectivity index (χ1) is 15.7. The van der Waals surface area contributed by atoms with Crippen molar-refractivity contribution in [2.75, 3.05) is 0 Å². The predicted molar refractivity (Wildman–Crippen MR) is 135 cm³/mol. The molecule has 4 aliphatic carbocycles. The van der Waals surface area contributed by atoms with E-state index in [1.807, 2.05) is 13.8 Å². The summed E-state index contributed by atoms with van der Waals surface area (Å²) in [6, 6.07) is 0. The Morgan fingerprint density at radius 3 is 2.35 bits per heavy atom. The molecule has 0 radical (unpaired) electrons. The molecule has 0 amide bonds. The number of carbonyl (C=O) groups is 2. The van der Waals surface area contributed by atoms with Gasteiger partial charge in [-0.25, -0.2) is 0 Å².